The van der Waals surface area contributed by atoms with E-state index in [1.165, 1.54) is 16.8 Å². The molecule has 0 radical (unpaired) electrons. The highest BCUT2D eigenvalue weighted by Crippen LogP contribution is 2.26. The van der Waals surface area contributed by atoms with Crippen molar-refractivity contribution in [2.24, 2.45) is 0 Å². The van der Waals surface area contributed by atoms with Crippen molar-refractivity contribution >= 4 is 29.2 Å². The van der Waals surface area contributed by atoms with E-state index < -0.39 is 5.97 Å². The van der Waals surface area contributed by atoms with E-state index in [1.807, 2.05) is 0 Å². The van der Waals surface area contributed by atoms with Gasteiger partial charge in [-0.05, 0) is 55.3 Å². The van der Waals surface area contributed by atoms with E-state index in [2.05, 4.69) is 5.10 Å². The van der Waals surface area contributed by atoms with E-state index >= 15 is 0 Å². The van der Waals surface area contributed by atoms with E-state index in [4.69, 9.17) is 16.3 Å². The molecule has 2 aromatic carbocycles. The van der Waals surface area contributed by atoms with Crippen molar-refractivity contribution in [1.82, 2.24) is 9.78 Å². The van der Waals surface area contributed by atoms with E-state index in [0.29, 0.717) is 31.0 Å². The van der Waals surface area contributed by atoms with Gasteiger partial charge in [-0.25, -0.2) is 13.9 Å². The van der Waals surface area contributed by atoms with Gasteiger partial charge in [-0.3, -0.25) is 4.79 Å². The van der Waals surface area contributed by atoms with Gasteiger partial charge >= 0.3 is 5.97 Å². The first-order chi connectivity index (χ1) is 14.4. The van der Waals surface area contributed by atoms with Gasteiger partial charge in [0.25, 0.3) is 0 Å². The van der Waals surface area contributed by atoms with E-state index in [1.54, 1.807) is 48.2 Å². The summed E-state index contributed by atoms with van der Waals surface area (Å²) in [6, 6.07) is 12.8. The third kappa shape index (κ3) is 4.07. The second kappa shape index (κ2) is 8.28. The molecule has 1 saturated heterocycles. The maximum Gasteiger partial charge on any atom is 0.348 e. The van der Waals surface area contributed by atoms with Gasteiger partial charge in [-0.1, -0.05) is 23.7 Å². The van der Waals surface area contributed by atoms with Crippen molar-refractivity contribution in [3.05, 3.63) is 76.3 Å². The Bertz CT molecular complexity index is 1090. The Kier molecular flexibility index (Phi) is 5.55. The third-order valence-electron chi connectivity index (χ3n) is 4.95. The normalized spacial score (nSPS) is 13.7. The van der Waals surface area contributed by atoms with Crippen LogP contribution in [-0.2, 0) is 11.3 Å². The van der Waals surface area contributed by atoms with Gasteiger partial charge < -0.3 is 9.64 Å². The zero-order chi connectivity index (χ0) is 21.3. The van der Waals surface area contributed by atoms with Gasteiger partial charge in [0.2, 0.25) is 5.91 Å². The highest BCUT2D eigenvalue weighted by Gasteiger charge is 2.24. The standard InChI is InChI=1S/C22H19ClFN3O3/c1-14-20(21(23)27(25-14)13-15-4-6-16(24)7-5-15)22(29)30-18-10-8-17(9-11-18)26-12-2-3-19(26)28/h4-11H,2-3,12-13H2,1H3. The Morgan fingerprint density at radius 1 is 1.17 bits per heavy atom. The van der Waals surface area contributed by atoms with Crippen LogP contribution in [0.4, 0.5) is 10.1 Å². The third-order valence-corrected chi connectivity index (χ3v) is 5.33. The van der Waals surface area contributed by atoms with Crippen molar-refractivity contribution in [2.45, 2.75) is 26.3 Å². The molecule has 3 aromatic rings. The quantitative estimate of drug-likeness (QED) is 0.448. The molecule has 1 aliphatic heterocycles. The number of aryl methyl sites for hydroxylation is 1. The summed E-state index contributed by atoms with van der Waals surface area (Å²) in [6.45, 7) is 2.66. The Hall–Kier alpha value is -3.19. The molecular formula is C22H19ClFN3O3. The topological polar surface area (TPSA) is 64.4 Å². The lowest BCUT2D eigenvalue weighted by atomic mass is 10.2. The van der Waals surface area contributed by atoms with Gasteiger partial charge in [-0.2, -0.15) is 5.10 Å². The molecule has 0 atom stereocenters. The molecular weight excluding hydrogens is 409 g/mol. The highest BCUT2D eigenvalue weighted by atomic mass is 35.5. The summed E-state index contributed by atoms with van der Waals surface area (Å²) in [5.74, 6) is -0.508. The number of esters is 1. The number of rotatable bonds is 5. The van der Waals surface area contributed by atoms with Crippen LogP contribution in [0.25, 0.3) is 0 Å². The largest absolute Gasteiger partial charge is 0.423 e. The lowest BCUT2D eigenvalue weighted by molar-refractivity contribution is -0.117. The monoisotopic (exact) mass is 427 g/mol. The molecule has 1 aliphatic rings. The minimum absolute atomic E-state index is 0.0933. The molecule has 1 fully saturated rings. The number of carbonyl (C=O) groups excluding carboxylic acids is 2. The fourth-order valence-electron chi connectivity index (χ4n) is 3.43. The molecule has 6 nitrogen and oxygen atoms in total. The number of carbonyl (C=O) groups is 2. The van der Waals surface area contributed by atoms with Crippen molar-refractivity contribution in [3.63, 3.8) is 0 Å². The smallest absolute Gasteiger partial charge is 0.348 e. The Balaban J connectivity index is 1.48. The van der Waals surface area contributed by atoms with Crippen LogP contribution < -0.4 is 9.64 Å². The van der Waals surface area contributed by atoms with Crippen LogP contribution in [0.1, 0.15) is 34.5 Å². The molecule has 2 heterocycles. The molecule has 0 unspecified atom stereocenters. The van der Waals surface area contributed by atoms with Crippen LogP contribution in [0.2, 0.25) is 5.15 Å². The Labute approximate surface area is 177 Å². The molecule has 30 heavy (non-hydrogen) atoms. The zero-order valence-electron chi connectivity index (χ0n) is 16.3. The average Bonchev–Trinajstić information content (AvgIpc) is 3.27. The lowest BCUT2D eigenvalue weighted by Gasteiger charge is -2.15. The van der Waals surface area contributed by atoms with Crippen LogP contribution in [0.5, 0.6) is 5.75 Å². The predicted octanol–water partition coefficient (Wildman–Crippen LogP) is 4.38. The molecule has 0 bridgehead atoms. The molecule has 0 saturated carbocycles. The Morgan fingerprint density at radius 2 is 1.87 bits per heavy atom. The Morgan fingerprint density at radius 3 is 2.50 bits per heavy atom. The minimum atomic E-state index is -0.618. The number of amides is 1. The number of benzene rings is 2. The van der Waals surface area contributed by atoms with Gasteiger partial charge in [0, 0.05) is 18.7 Å². The fraction of sp³-hybridized carbons (Fsp3) is 0.227. The van der Waals surface area contributed by atoms with E-state index in [0.717, 1.165) is 17.7 Å². The number of anilines is 1. The second-order valence-electron chi connectivity index (χ2n) is 7.07. The number of hydrogen-bond donors (Lipinski definition) is 0. The summed E-state index contributed by atoms with van der Waals surface area (Å²) < 4.78 is 20.0. The van der Waals surface area contributed by atoms with Crippen LogP contribution in [-0.4, -0.2) is 28.2 Å². The summed E-state index contributed by atoms with van der Waals surface area (Å²) in [5.41, 5.74) is 2.19. The van der Waals surface area contributed by atoms with Crippen molar-refractivity contribution in [1.29, 1.82) is 0 Å². The van der Waals surface area contributed by atoms with Gasteiger partial charge in [0.1, 0.15) is 22.3 Å². The molecule has 154 valence electrons. The highest BCUT2D eigenvalue weighted by molar-refractivity contribution is 6.32. The summed E-state index contributed by atoms with van der Waals surface area (Å²) in [6.07, 6.45) is 1.39. The molecule has 8 heteroatoms. The lowest BCUT2D eigenvalue weighted by Crippen LogP contribution is -2.23. The van der Waals surface area contributed by atoms with Crippen molar-refractivity contribution in [2.75, 3.05) is 11.4 Å². The summed E-state index contributed by atoms with van der Waals surface area (Å²) >= 11 is 6.38. The van der Waals surface area contributed by atoms with Crippen LogP contribution >= 0.6 is 11.6 Å². The first-order valence-corrected chi connectivity index (χ1v) is 9.90. The number of hydrogen-bond acceptors (Lipinski definition) is 4. The van der Waals surface area contributed by atoms with Gasteiger partial charge in [0.15, 0.2) is 0 Å². The zero-order valence-corrected chi connectivity index (χ0v) is 17.0. The fourth-order valence-corrected chi connectivity index (χ4v) is 3.74. The summed E-state index contributed by atoms with van der Waals surface area (Å²) in [7, 11) is 0. The van der Waals surface area contributed by atoms with Crippen LogP contribution in [0.3, 0.4) is 0 Å². The first-order valence-electron chi connectivity index (χ1n) is 9.52. The van der Waals surface area contributed by atoms with E-state index in [9.17, 15) is 14.0 Å². The van der Waals surface area contributed by atoms with Gasteiger partial charge in [-0.15, -0.1) is 0 Å². The molecule has 0 spiro atoms. The summed E-state index contributed by atoms with van der Waals surface area (Å²) in [5, 5.41) is 4.47. The van der Waals surface area contributed by atoms with Crippen LogP contribution in [0.15, 0.2) is 48.5 Å². The second-order valence-corrected chi connectivity index (χ2v) is 7.43. The maximum atomic E-state index is 13.1. The molecule has 1 amide bonds. The van der Waals surface area contributed by atoms with E-state index in [-0.39, 0.29) is 22.4 Å². The average molecular weight is 428 g/mol. The van der Waals surface area contributed by atoms with Crippen molar-refractivity contribution < 1.29 is 18.7 Å². The number of halogens is 2. The number of ether oxygens (including phenoxy) is 1. The maximum absolute atomic E-state index is 13.1. The molecule has 0 aliphatic carbocycles. The number of nitrogens with zero attached hydrogens (tertiary/aromatic N) is 3. The predicted molar refractivity (Wildman–Crippen MR) is 110 cm³/mol. The van der Waals surface area contributed by atoms with Crippen LogP contribution in [0, 0.1) is 12.7 Å². The molecule has 4 rings (SSSR count). The first kappa shape index (κ1) is 20.1. The van der Waals surface area contributed by atoms with Crippen molar-refractivity contribution in [3.8, 4) is 5.75 Å². The summed E-state index contributed by atoms with van der Waals surface area (Å²) in [4.78, 5) is 26.2. The van der Waals surface area contributed by atoms with Gasteiger partial charge in [0.05, 0.1) is 12.2 Å². The molecule has 1 aromatic heterocycles. The number of aromatic nitrogens is 2. The molecule has 0 N–H and O–H groups in total. The SMILES string of the molecule is Cc1nn(Cc2ccc(F)cc2)c(Cl)c1C(=O)Oc1ccc(N2CCCC2=O)cc1. The minimum Gasteiger partial charge on any atom is -0.423 e.